The predicted molar refractivity (Wildman–Crippen MR) is 118 cm³/mol. The van der Waals surface area contributed by atoms with Gasteiger partial charge in [0, 0.05) is 21.3 Å². The third kappa shape index (κ3) is 4.71. The van der Waals surface area contributed by atoms with Gasteiger partial charge in [0.25, 0.3) is 0 Å². The molecule has 29 heavy (non-hydrogen) atoms. The first-order valence-corrected chi connectivity index (χ1v) is 10.3. The molecule has 1 aliphatic heterocycles. The molecule has 0 amide bonds. The maximum Gasteiger partial charge on any atom is 0.308 e. The van der Waals surface area contributed by atoms with Crippen LogP contribution >= 0.6 is 28.1 Å². The van der Waals surface area contributed by atoms with E-state index in [9.17, 15) is 4.79 Å². The third-order valence-corrected chi connectivity index (χ3v) is 5.38. The maximum absolute atomic E-state index is 12.1. The summed E-state index contributed by atoms with van der Waals surface area (Å²) in [5.41, 5.74) is 2.44. The van der Waals surface area contributed by atoms with Crippen molar-refractivity contribution in [2.24, 2.45) is 0 Å². The van der Waals surface area contributed by atoms with Crippen molar-refractivity contribution in [3.63, 3.8) is 0 Å². The van der Waals surface area contributed by atoms with E-state index in [1.807, 2.05) is 36.4 Å². The van der Waals surface area contributed by atoms with E-state index < -0.39 is 12.2 Å². The fourth-order valence-electron chi connectivity index (χ4n) is 3.25. The van der Waals surface area contributed by atoms with Gasteiger partial charge in [-0.15, -0.1) is 0 Å². The van der Waals surface area contributed by atoms with Crippen molar-refractivity contribution in [3.8, 4) is 11.5 Å². The van der Waals surface area contributed by atoms with E-state index in [4.69, 9.17) is 31.2 Å². The first kappa shape index (κ1) is 21.5. The van der Waals surface area contributed by atoms with Gasteiger partial charge in [0.05, 0.1) is 27.2 Å². The van der Waals surface area contributed by atoms with Gasteiger partial charge in [0.15, 0.2) is 11.5 Å². The zero-order valence-electron chi connectivity index (χ0n) is 16.4. The lowest BCUT2D eigenvalue weighted by Crippen LogP contribution is -2.31. The molecule has 0 bridgehead atoms. The van der Waals surface area contributed by atoms with Gasteiger partial charge < -0.3 is 24.3 Å². The fourth-order valence-corrected chi connectivity index (χ4v) is 3.88. The monoisotopic (exact) mass is 479 g/mol. The molecule has 0 fully saturated rings. The topological polar surface area (TPSA) is 66.0 Å². The van der Waals surface area contributed by atoms with Crippen molar-refractivity contribution in [1.82, 2.24) is 0 Å². The number of halogens is 1. The average molecular weight is 480 g/mol. The van der Waals surface area contributed by atoms with Gasteiger partial charge in [0.2, 0.25) is 0 Å². The minimum absolute atomic E-state index is 0.0115. The molecule has 2 aromatic rings. The number of ether oxygens (including phenoxy) is 4. The number of hydrogen-bond donors (Lipinski definition) is 1. The Bertz CT molecular complexity index is 920. The highest BCUT2D eigenvalue weighted by atomic mass is 79.9. The van der Waals surface area contributed by atoms with E-state index in [-0.39, 0.29) is 12.4 Å². The average Bonchev–Trinajstić information content (AvgIpc) is 2.84. The molecule has 3 rings (SSSR count). The van der Waals surface area contributed by atoms with E-state index in [0.717, 1.165) is 21.3 Å². The molecule has 0 aliphatic carbocycles. The Balaban J connectivity index is 2.10. The van der Waals surface area contributed by atoms with Gasteiger partial charge in [-0.2, -0.15) is 0 Å². The summed E-state index contributed by atoms with van der Waals surface area (Å²) in [4.78, 5) is 12.5. The quantitative estimate of drug-likeness (QED) is 0.477. The summed E-state index contributed by atoms with van der Waals surface area (Å²) in [7, 11) is 3.17. The van der Waals surface area contributed by atoms with Crippen molar-refractivity contribution in [3.05, 3.63) is 52.0 Å². The van der Waals surface area contributed by atoms with E-state index in [0.29, 0.717) is 23.1 Å². The van der Waals surface area contributed by atoms with E-state index >= 15 is 0 Å². The molecule has 2 aromatic carbocycles. The van der Waals surface area contributed by atoms with Crippen molar-refractivity contribution in [1.29, 1.82) is 0 Å². The predicted octanol–water partition coefficient (Wildman–Crippen LogP) is 4.65. The summed E-state index contributed by atoms with van der Waals surface area (Å²) < 4.78 is 23.5. The van der Waals surface area contributed by atoms with Crippen LogP contribution in [-0.2, 0) is 14.3 Å². The minimum atomic E-state index is -0.656. The van der Waals surface area contributed by atoms with Crippen LogP contribution in [-0.4, -0.2) is 37.9 Å². The van der Waals surface area contributed by atoms with Crippen LogP contribution in [0.4, 0.5) is 5.69 Å². The molecule has 1 N–H and O–H groups in total. The Morgan fingerprint density at radius 1 is 1.21 bits per heavy atom. The summed E-state index contributed by atoms with van der Waals surface area (Å²) in [6, 6.07) is 11.4. The summed E-state index contributed by atoms with van der Waals surface area (Å²) in [6.07, 6.45) is -1.19. The summed E-state index contributed by atoms with van der Waals surface area (Å²) in [5.74, 6) is 0.783. The number of fused-ring (bicyclic) bond motifs is 1. The minimum Gasteiger partial charge on any atom is -0.493 e. The fraction of sp³-hybridized carbons (Fsp3) is 0.333. The molecular weight excluding hydrogens is 458 g/mol. The van der Waals surface area contributed by atoms with Gasteiger partial charge in [0.1, 0.15) is 17.2 Å². The molecule has 0 spiro atoms. The normalized spacial score (nSPS) is 18.3. The largest absolute Gasteiger partial charge is 0.493 e. The third-order valence-electron chi connectivity index (χ3n) is 4.52. The van der Waals surface area contributed by atoms with Crippen LogP contribution in [0.5, 0.6) is 11.5 Å². The first-order valence-electron chi connectivity index (χ1n) is 9.10. The second-order valence-electron chi connectivity index (χ2n) is 6.32. The number of anilines is 1. The Hall–Kier alpha value is -2.16. The second kappa shape index (κ2) is 9.56. The molecule has 1 heterocycles. The number of carbonyl (C=O) groups is 1. The molecule has 0 aromatic heterocycles. The standard InChI is InChI=1S/C21H22BrNO5S/c1-4-27-18(24)11-17-21(29)23-15-9-8-12(22)10-14(15)19(28-17)13-6-5-7-16(25-2)20(13)26-3/h5-10,17,19H,4,11H2,1-3H3,(H,23,29)/t17-,19-/m1/s1. The Morgan fingerprint density at radius 2 is 2.00 bits per heavy atom. The molecule has 0 saturated carbocycles. The van der Waals surface area contributed by atoms with Crippen LogP contribution in [0, 0.1) is 0 Å². The van der Waals surface area contributed by atoms with Crippen LogP contribution < -0.4 is 14.8 Å². The number of rotatable bonds is 6. The number of carbonyl (C=O) groups excluding carboxylic acids is 1. The van der Waals surface area contributed by atoms with Crippen LogP contribution in [0.2, 0.25) is 0 Å². The van der Waals surface area contributed by atoms with Crippen molar-refractivity contribution in [2.45, 2.75) is 25.6 Å². The summed E-state index contributed by atoms with van der Waals surface area (Å²) in [6.45, 7) is 2.06. The number of benzene rings is 2. The molecule has 154 valence electrons. The molecule has 6 nitrogen and oxygen atoms in total. The van der Waals surface area contributed by atoms with Crippen LogP contribution in [0.3, 0.4) is 0 Å². The maximum atomic E-state index is 12.1. The Kier molecular flexibility index (Phi) is 7.10. The van der Waals surface area contributed by atoms with Gasteiger partial charge in [-0.3, -0.25) is 4.79 Å². The lowest BCUT2D eigenvalue weighted by molar-refractivity contribution is -0.145. The SMILES string of the molecule is CCOC(=O)C[C@H]1O[C@H](c2cccc(OC)c2OC)c2cc(Br)ccc2NC1=S. The molecule has 1 aliphatic rings. The molecule has 0 radical (unpaired) electrons. The zero-order valence-corrected chi connectivity index (χ0v) is 18.8. The van der Waals surface area contributed by atoms with Gasteiger partial charge in [-0.05, 0) is 31.2 Å². The smallest absolute Gasteiger partial charge is 0.308 e. The molecule has 2 atom stereocenters. The molecule has 0 unspecified atom stereocenters. The second-order valence-corrected chi connectivity index (χ2v) is 7.67. The van der Waals surface area contributed by atoms with Crippen molar-refractivity contribution in [2.75, 3.05) is 26.1 Å². The highest BCUT2D eigenvalue weighted by Crippen LogP contribution is 2.43. The first-order chi connectivity index (χ1) is 14.0. The number of methoxy groups -OCH3 is 2. The number of hydrogen-bond acceptors (Lipinski definition) is 6. The molecule has 0 saturated heterocycles. The summed E-state index contributed by atoms with van der Waals surface area (Å²) in [5, 5.41) is 3.22. The Labute approximate surface area is 183 Å². The van der Waals surface area contributed by atoms with Gasteiger partial charge in [-0.25, -0.2) is 0 Å². The number of thiocarbonyl (C=S) groups is 1. The lowest BCUT2D eigenvalue weighted by Gasteiger charge is -2.24. The molecule has 8 heteroatoms. The van der Waals surface area contributed by atoms with Crippen molar-refractivity contribution >= 4 is 44.8 Å². The summed E-state index contributed by atoms with van der Waals surface area (Å²) >= 11 is 9.05. The van der Waals surface area contributed by atoms with Crippen LogP contribution in [0.25, 0.3) is 0 Å². The zero-order chi connectivity index (χ0) is 21.0. The highest BCUT2D eigenvalue weighted by molar-refractivity contribution is 9.10. The Morgan fingerprint density at radius 3 is 2.69 bits per heavy atom. The van der Waals surface area contributed by atoms with E-state index in [2.05, 4.69) is 21.2 Å². The number of nitrogens with one attached hydrogen (secondary N) is 1. The van der Waals surface area contributed by atoms with Crippen molar-refractivity contribution < 1.29 is 23.7 Å². The van der Waals surface area contributed by atoms with E-state index in [1.54, 1.807) is 21.1 Å². The van der Waals surface area contributed by atoms with Gasteiger partial charge >= 0.3 is 5.97 Å². The lowest BCUT2D eigenvalue weighted by atomic mass is 9.98. The van der Waals surface area contributed by atoms with Crippen LogP contribution in [0.15, 0.2) is 40.9 Å². The number of para-hydroxylation sites is 1. The highest BCUT2D eigenvalue weighted by Gasteiger charge is 2.33. The van der Waals surface area contributed by atoms with Crippen LogP contribution in [0.1, 0.15) is 30.6 Å². The molecular formula is C21H22BrNO5S. The van der Waals surface area contributed by atoms with Gasteiger partial charge in [-0.1, -0.05) is 40.3 Å². The van der Waals surface area contributed by atoms with E-state index in [1.165, 1.54) is 0 Å². The number of esters is 1.